The van der Waals surface area contributed by atoms with Gasteiger partial charge in [-0.15, -0.1) is 0 Å². The van der Waals surface area contributed by atoms with E-state index in [9.17, 15) is 9.59 Å². The second kappa shape index (κ2) is 8.43. The average molecular weight is 367 g/mol. The van der Waals surface area contributed by atoms with Crippen LogP contribution < -0.4 is 14.8 Å². The lowest BCUT2D eigenvalue weighted by Crippen LogP contribution is -2.35. The number of hydrogen-bond donors (Lipinski definition) is 2. The summed E-state index contributed by atoms with van der Waals surface area (Å²) >= 11 is 5.73. The number of halogens is 1. The molecule has 0 aliphatic rings. The third kappa shape index (κ3) is 4.90. The molecule has 2 N–H and O–H groups in total. The van der Waals surface area contributed by atoms with E-state index in [2.05, 4.69) is 10.3 Å². The summed E-state index contributed by atoms with van der Waals surface area (Å²) < 4.78 is 15.5. The minimum atomic E-state index is -0.949. The number of rotatable bonds is 7. The quantitative estimate of drug-likeness (QED) is 0.735. The fourth-order valence-corrected chi connectivity index (χ4v) is 2.25. The Kier molecular flexibility index (Phi) is 6.30. The van der Waals surface area contributed by atoms with E-state index in [0.717, 1.165) is 5.56 Å². The first kappa shape index (κ1) is 18.7. The standard InChI is InChI=1S/C17H19ClN2O5/c1-10(25-17(22)13-7-12(18)9-19-13)16(21)20-8-11-4-5-14(23-2)15(6-11)24-3/h4-7,9-10,19H,8H2,1-3H3,(H,20,21). The number of nitrogens with one attached hydrogen (secondary N) is 2. The van der Waals surface area contributed by atoms with Gasteiger partial charge in [0, 0.05) is 12.7 Å². The summed E-state index contributed by atoms with van der Waals surface area (Å²) in [6.45, 7) is 1.75. The molecule has 25 heavy (non-hydrogen) atoms. The summed E-state index contributed by atoms with van der Waals surface area (Å²) in [6.07, 6.45) is 0.509. The zero-order valence-electron chi connectivity index (χ0n) is 14.1. The van der Waals surface area contributed by atoms with Gasteiger partial charge in [0.25, 0.3) is 5.91 Å². The van der Waals surface area contributed by atoms with Crippen molar-refractivity contribution in [2.75, 3.05) is 14.2 Å². The van der Waals surface area contributed by atoms with Crippen LogP contribution in [-0.2, 0) is 16.1 Å². The van der Waals surface area contributed by atoms with E-state index in [1.807, 2.05) is 0 Å². The van der Waals surface area contributed by atoms with Crippen LogP contribution in [0.4, 0.5) is 0 Å². The highest BCUT2D eigenvalue weighted by molar-refractivity contribution is 6.30. The molecule has 1 aromatic carbocycles. The molecule has 0 radical (unpaired) electrons. The topological polar surface area (TPSA) is 89.6 Å². The molecule has 1 aromatic heterocycles. The van der Waals surface area contributed by atoms with Crippen LogP contribution in [0.1, 0.15) is 23.0 Å². The number of H-pyrrole nitrogens is 1. The van der Waals surface area contributed by atoms with Crippen LogP contribution >= 0.6 is 11.6 Å². The van der Waals surface area contributed by atoms with Crippen LogP contribution in [0.2, 0.25) is 5.02 Å². The molecule has 2 rings (SSSR count). The zero-order valence-corrected chi connectivity index (χ0v) is 14.8. The van der Waals surface area contributed by atoms with Crippen LogP contribution in [-0.4, -0.2) is 37.2 Å². The number of aromatic amines is 1. The highest BCUT2D eigenvalue weighted by atomic mass is 35.5. The molecule has 1 amide bonds. The highest BCUT2D eigenvalue weighted by Gasteiger charge is 2.19. The summed E-state index contributed by atoms with van der Waals surface area (Å²) in [5.41, 5.74) is 1.00. The molecule has 1 heterocycles. The fraction of sp³-hybridized carbons (Fsp3) is 0.294. The van der Waals surface area contributed by atoms with Crippen molar-refractivity contribution >= 4 is 23.5 Å². The fourth-order valence-electron chi connectivity index (χ4n) is 2.09. The van der Waals surface area contributed by atoms with Crippen LogP contribution in [0, 0.1) is 0 Å². The molecule has 8 heteroatoms. The first-order valence-electron chi connectivity index (χ1n) is 7.48. The van der Waals surface area contributed by atoms with E-state index in [1.165, 1.54) is 26.3 Å². The first-order chi connectivity index (χ1) is 11.9. The summed E-state index contributed by atoms with van der Waals surface area (Å²) in [5, 5.41) is 3.09. The van der Waals surface area contributed by atoms with Gasteiger partial charge in [-0.25, -0.2) is 4.79 Å². The number of hydrogen-bond acceptors (Lipinski definition) is 5. The van der Waals surface area contributed by atoms with E-state index >= 15 is 0 Å². The van der Waals surface area contributed by atoms with Crippen molar-refractivity contribution < 1.29 is 23.8 Å². The minimum Gasteiger partial charge on any atom is -0.493 e. The SMILES string of the molecule is COc1ccc(CNC(=O)C(C)OC(=O)c2cc(Cl)c[nH]2)cc1OC. The number of ether oxygens (including phenoxy) is 3. The molecule has 0 aliphatic carbocycles. The maximum absolute atomic E-state index is 12.1. The first-order valence-corrected chi connectivity index (χ1v) is 7.86. The van der Waals surface area contributed by atoms with Crippen molar-refractivity contribution in [1.82, 2.24) is 10.3 Å². The van der Waals surface area contributed by atoms with E-state index in [-0.39, 0.29) is 12.2 Å². The van der Waals surface area contributed by atoms with Crippen LogP contribution in [0.15, 0.2) is 30.5 Å². The lowest BCUT2D eigenvalue weighted by molar-refractivity contribution is -0.129. The summed E-state index contributed by atoms with van der Waals surface area (Å²) in [5.74, 6) is 0.100. The Bertz CT molecular complexity index is 759. The molecule has 1 atom stereocenters. The Morgan fingerprint density at radius 1 is 1.20 bits per heavy atom. The number of methoxy groups -OCH3 is 2. The van der Waals surface area contributed by atoms with Crippen molar-refractivity contribution in [3.05, 3.63) is 46.7 Å². The number of amides is 1. The molecule has 0 aliphatic heterocycles. The van der Waals surface area contributed by atoms with Gasteiger partial charge in [-0.2, -0.15) is 0 Å². The van der Waals surface area contributed by atoms with E-state index in [1.54, 1.807) is 25.3 Å². The maximum Gasteiger partial charge on any atom is 0.355 e. The van der Waals surface area contributed by atoms with Gasteiger partial charge in [0.15, 0.2) is 17.6 Å². The molecule has 0 fully saturated rings. The smallest absolute Gasteiger partial charge is 0.355 e. The maximum atomic E-state index is 12.1. The molecular formula is C17H19ClN2O5. The van der Waals surface area contributed by atoms with Gasteiger partial charge in [-0.3, -0.25) is 4.79 Å². The monoisotopic (exact) mass is 366 g/mol. The highest BCUT2D eigenvalue weighted by Crippen LogP contribution is 2.27. The van der Waals surface area contributed by atoms with Crippen molar-refractivity contribution in [3.63, 3.8) is 0 Å². The average Bonchev–Trinajstić information content (AvgIpc) is 3.05. The predicted octanol–water partition coefficient (Wildman–Crippen LogP) is 2.55. The lowest BCUT2D eigenvalue weighted by Gasteiger charge is -2.14. The normalized spacial score (nSPS) is 11.5. The van der Waals surface area contributed by atoms with Gasteiger partial charge in [0.05, 0.1) is 19.2 Å². The molecule has 0 saturated heterocycles. The van der Waals surface area contributed by atoms with Gasteiger partial charge in [0.2, 0.25) is 0 Å². The van der Waals surface area contributed by atoms with Crippen LogP contribution in [0.3, 0.4) is 0 Å². The molecule has 1 unspecified atom stereocenters. The third-order valence-electron chi connectivity index (χ3n) is 3.44. The zero-order chi connectivity index (χ0) is 18.4. The molecular weight excluding hydrogens is 348 g/mol. The molecule has 7 nitrogen and oxygen atoms in total. The second-order valence-electron chi connectivity index (χ2n) is 5.19. The van der Waals surface area contributed by atoms with Crippen LogP contribution in [0.5, 0.6) is 11.5 Å². The van der Waals surface area contributed by atoms with Crippen molar-refractivity contribution in [1.29, 1.82) is 0 Å². The second-order valence-corrected chi connectivity index (χ2v) is 5.62. The van der Waals surface area contributed by atoms with Crippen LogP contribution in [0.25, 0.3) is 0 Å². The Labute approximate surface area is 150 Å². The van der Waals surface area contributed by atoms with Gasteiger partial charge in [0.1, 0.15) is 5.69 Å². The summed E-state index contributed by atoms with van der Waals surface area (Å²) in [7, 11) is 3.08. The predicted molar refractivity (Wildman–Crippen MR) is 92.1 cm³/mol. The third-order valence-corrected chi connectivity index (χ3v) is 3.65. The number of aromatic nitrogens is 1. The number of esters is 1. The van der Waals surface area contributed by atoms with E-state index in [4.69, 9.17) is 25.8 Å². The van der Waals surface area contributed by atoms with E-state index in [0.29, 0.717) is 16.5 Å². The van der Waals surface area contributed by atoms with Gasteiger partial charge >= 0.3 is 5.97 Å². The molecule has 134 valence electrons. The number of carbonyl (C=O) groups is 2. The Morgan fingerprint density at radius 2 is 1.92 bits per heavy atom. The molecule has 0 bridgehead atoms. The number of benzene rings is 1. The summed E-state index contributed by atoms with van der Waals surface area (Å²) in [6, 6.07) is 6.74. The van der Waals surface area contributed by atoms with Gasteiger partial charge in [-0.05, 0) is 30.7 Å². The van der Waals surface area contributed by atoms with E-state index < -0.39 is 18.0 Å². The van der Waals surface area contributed by atoms with Gasteiger partial charge < -0.3 is 24.5 Å². The van der Waals surface area contributed by atoms with Crippen molar-refractivity contribution in [2.45, 2.75) is 19.6 Å². The minimum absolute atomic E-state index is 0.185. The Balaban J connectivity index is 1.90. The Hall–Kier alpha value is -2.67. The van der Waals surface area contributed by atoms with Crippen molar-refractivity contribution in [3.8, 4) is 11.5 Å². The molecule has 2 aromatic rings. The Morgan fingerprint density at radius 3 is 2.52 bits per heavy atom. The summed E-state index contributed by atoms with van der Waals surface area (Å²) in [4.78, 5) is 26.6. The van der Waals surface area contributed by atoms with Crippen molar-refractivity contribution in [2.24, 2.45) is 0 Å². The molecule has 0 spiro atoms. The largest absolute Gasteiger partial charge is 0.493 e. The molecule has 0 saturated carbocycles. The lowest BCUT2D eigenvalue weighted by atomic mass is 10.2. The number of carbonyl (C=O) groups excluding carboxylic acids is 2. The van der Waals surface area contributed by atoms with Gasteiger partial charge in [-0.1, -0.05) is 17.7 Å².